The molecule has 1 saturated heterocycles. The third-order valence-electron chi connectivity index (χ3n) is 5.67. The summed E-state index contributed by atoms with van der Waals surface area (Å²) in [6, 6.07) is 0. The molecule has 16 heavy (non-hydrogen) atoms. The van der Waals surface area contributed by atoms with Crippen LogP contribution in [0.4, 0.5) is 0 Å². The van der Waals surface area contributed by atoms with E-state index in [9.17, 15) is 0 Å². The minimum atomic E-state index is 0.551. The number of piperidine rings is 1. The Morgan fingerprint density at radius 3 is 3.00 bits per heavy atom. The molecular weight excluding hydrogens is 194 g/mol. The summed E-state index contributed by atoms with van der Waals surface area (Å²) in [6.45, 7) is 7.81. The number of quaternary nitrogens is 1. The van der Waals surface area contributed by atoms with Gasteiger partial charge in [-0.25, -0.2) is 0 Å². The summed E-state index contributed by atoms with van der Waals surface area (Å²) in [5, 5.41) is 0. The first kappa shape index (κ1) is 10.8. The molecule has 0 saturated carbocycles. The molecule has 0 bridgehead atoms. The molecule has 0 spiro atoms. The highest BCUT2D eigenvalue weighted by molar-refractivity contribution is 5.29. The highest BCUT2D eigenvalue weighted by Crippen LogP contribution is 2.40. The van der Waals surface area contributed by atoms with Gasteiger partial charge in [0.1, 0.15) is 5.54 Å². The van der Waals surface area contributed by atoms with Crippen LogP contribution in [0.5, 0.6) is 0 Å². The fraction of sp³-hybridized carbons (Fsp3) is 0.867. The zero-order valence-corrected chi connectivity index (χ0v) is 10.9. The van der Waals surface area contributed by atoms with Crippen molar-refractivity contribution in [3.05, 3.63) is 11.1 Å². The van der Waals surface area contributed by atoms with Crippen molar-refractivity contribution < 1.29 is 4.90 Å². The normalized spacial score (nSPS) is 43.1. The summed E-state index contributed by atoms with van der Waals surface area (Å²) in [6.07, 6.45) is 10.0. The molecule has 3 rings (SSSR count). The lowest BCUT2D eigenvalue weighted by Crippen LogP contribution is -3.22. The average molecular weight is 220 g/mol. The number of hydrogen-bond acceptors (Lipinski definition) is 0. The molecule has 1 heteroatoms. The molecule has 0 radical (unpaired) electrons. The van der Waals surface area contributed by atoms with Gasteiger partial charge >= 0.3 is 0 Å². The van der Waals surface area contributed by atoms with E-state index < -0.39 is 0 Å². The third-order valence-corrected chi connectivity index (χ3v) is 5.67. The molecule has 2 aliphatic heterocycles. The van der Waals surface area contributed by atoms with E-state index in [1.54, 1.807) is 0 Å². The smallest absolute Gasteiger partial charge is 0.117 e. The van der Waals surface area contributed by atoms with Gasteiger partial charge in [0.05, 0.1) is 13.1 Å². The molecule has 1 unspecified atom stereocenters. The molecule has 1 fully saturated rings. The van der Waals surface area contributed by atoms with E-state index in [0.717, 1.165) is 5.92 Å². The van der Waals surface area contributed by atoms with Gasteiger partial charge in [0.25, 0.3) is 0 Å². The Morgan fingerprint density at radius 1 is 1.31 bits per heavy atom. The fourth-order valence-corrected chi connectivity index (χ4v) is 4.49. The molecule has 3 atom stereocenters. The van der Waals surface area contributed by atoms with Crippen LogP contribution in [0.15, 0.2) is 11.1 Å². The quantitative estimate of drug-likeness (QED) is 0.647. The van der Waals surface area contributed by atoms with Crippen LogP contribution >= 0.6 is 0 Å². The van der Waals surface area contributed by atoms with E-state index in [1.165, 1.54) is 58.0 Å². The van der Waals surface area contributed by atoms with Gasteiger partial charge in [-0.3, -0.25) is 0 Å². The first-order valence-corrected chi connectivity index (χ1v) is 7.30. The van der Waals surface area contributed by atoms with Crippen LogP contribution < -0.4 is 4.90 Å². The molecule has 1 nitrogen and oxygen atoms in total. The lowest BCUT2D eigenvalue weighted by Gasteiger charge is -2.48. The van der Waals surface area contributed by atoms with Crippen molar-refractivity contribution in [2.24, 2.45) is 5.92 Å². The van der Waals surface area contributed by atoms with E-state index in [1.807, 2.05) is 16.0 Å². The van der Waals surface area contributed by atoms with Crippen molar-refractivity contribution in [3.8, 4) is 0 Å². The van der Waals surface area contributed by atoms with E-state index in [2.05, 4.69) is 13.8 Å². The maximum atomic E-state index is 2.56. The monoisotopic (exact) mass is 220 g/mol. The standard InChI is InChI=1S/C15H25N/c1-3-12-7-9-15(2)14-6-4-5-13(14)8-10-16(15)11-12/h12H,3-11H2,1-2H3/p+1/t12-,15-/m1/s1. The zero-order valence-electron chi connectivity index (χ0n) is 10.9. The van der Waals surface area contributed by atoms with E-state index in [-0.39, 0.29) is 0 Å². The van der Waals surface area contributed by atoms with Crippen molar-refractivity contribution in [3.63, 3.8) is 0 Å². The number of fused-ring (bicyclic) bond motifs is 2. The molecule has 1 aliphatic carbocycles. The molecule has 0 amide bonds. The predicted octanol–water partition coefficient (Wildman–Crippen LogP) is 2.33. The Bertz CT molecular complexity index is 317. The van der Waals surface area contributed by atoms with Crippen molar-refractivity contribution in [1.29, 1.82) is 0 Å². The second-order valence-electron chi connectivity index (χ2n) is 6.39. The molecule has 0 aromatic rings. The summed E-state index contributed by atoms with van der Waals surface area (Å²) >= 11 is 0. The van der Waals surface area contributed by atoms with Crippen LogP contribution in [0.1, 0.15) is 58.8 Å². The Kier molecular flexibility index (Phi) is 2.62. The SMILES string of the molecule is CC[C@@H]1CC[C@]2(C)C3=C(CCC3)CC[NH+]2C1. The van der Waals surface area contributed by atoms with Gasteiger partial charge < -0.3 is 4.90 Å². The highest BCUT2D eigenvalue weighted by atomic mass is 15.2. The van der Waals surface area contributed by atoms with Crippen molar-refractivity contribution in [2.45, 2.75) is 64.3 Å². The van der Waals surface area contributed by atoms with Gasteiger partial charge in [0.15, 0.2) is 0 Å². The molecule has 1 N–H and O–H groups in total. The summed E-state index contributed by atoms with van der Waals surface area (Å²) in [5.41, 5.74) is 4.31. The van der Waals surface area contributed by atoms with E-state index in [4.69, 9.17) is 0 Å². The van der Waals surface area contributed by atoms with Gasteiger partial charge in [-0.2, -0.15) is 0 Å². The first-order chi connectivity index (χ1) is 7.74. The molecule has 90 valence electrons. The number of hydrogen-bond donors (Lipinski definition) is 1. The molecule has 3 aliphatic rings. The summed E-state index contributed by atoms with van der Waals surface area (Å²) in [7, 11) is 0. The third kappa shape index (κ3) is 1.48. The number of nitrogens with one attached hydrogen (secondary N) is 1. The second-order valence-corrected chi connectivity index (χ2v) is 6.39. The maximum absolute atomic E-state index is 2.56. The first-order valence-electron chi connectivity index (χ1n) is 7.30. The molecule has 0 aromatic heterocycles. The Hall–Kier alpha value is -0.300. The van der Waals surface area contributed by atoms with Gasteiger partial charge in [0.2, 0.25) is 0 Å². The van der Waals surface area contributed by atoms with Crippen molar-refractivity contribution >= 4 is 0 Å². The van der Waals surface area contributed by atoms with Crippen molar-refractivity contribution in [1.82, 2.24) is 0 Å². The number of rotatable bonds is 1. The minimum Gasteiger partial charge on any atom is -0.326 e. The highest BCUT2D eigenvalue weighted by Gasteiger charge is 2.47. The van der Waals surface area contributed by atoms with Gasteiger partial charge in [-0.1, -0.05) is 12.5 Å². The van der Waals surface area contributed by atoms with E-state index >= 15 is 0 Å². The second kappa shape index (κ2) is 3.87. The van der Waals surface area contributed by atoms with Crippen LogP contribution in [0, 0.1) is 5.92 Å². The molecular formula is C15H26N+. The van der Waals surface area contributed by atoms with Gasteiger partial charge in [-0.05, 0) is 44.6 Å². The van der Waals surface area contributed by atoms with Crippen LogP contribution in [0.3, 0.4) is 0 Å². The van der Waals surface area contributed by atoms with E-state index in [0.29, 0.717) is 5.54 Å². The Labute approximate surface area is 99.9 Å². The zero-order chi connectivity index (χ0) is 11.2. The maximum Gasteiger partial charge on any atom is 0.117 e. The van der Waals surface area contributed by atoms with Gasteiger partial charge in [-0.15, -0.1) is 0 Å². The van der Waals surface area contributed by atoms with Crippen LogP contribution in [0.25, 0.3) is 0 Å². The lowest BCUT2D eigenvalue weighted by atomic mass is 9.74. The molecule has 2 heterocycles. The van der Waals surface area contributed by atoms with Crippen LogP contribution in [-0.2, 0) is 0 Å². The van der Waals surface area contributed by atoms with Crippen molar-refractivity contribution in [2.75, 3.05) is 13.1 Å². The summed E-state index contributed by atoms with van der Waals surface area (Å²) in [4.78, 5) is 1.92. The Balaban J connectivity index is 1.87. The Morgan fingerprint density at radius 2 is 2.19 bits per heavy atom. The summed E-state index contributed by atoms with van der Waals surface area (Å²) in [5.74, 6) is 1.01. The predicted molar refractivity (Wildman–Crippen MR) is 67.6 cm³/mol. The summed E-state index contributed by atoms with van der Waals surface area (Å²) < 4.78 is 0. The minimum absolute atomic E-state index is 0.551. The lowest BCUT2D eigenvalue weighted by molar-refractivity contribution is -0.955. The molecule has 0 aromatic carbocycles. The van der Waals surface area contributed by atoms with Crippen LogP contribution in [-0.4, -0.2) is 18.6 Å². The average Bonchev–Trinajstić information content (AvgIpc) is 2.77. The topological polar surface area (TPSA) is 4.44 Å². The van der Waals surface area contributed by atoms with Crippen LogP contribution in [0.2, 0.25) is 0 Å². The fourth-order valence-electron chi connectivity index (χ4n) is 4.49. The largest absolute Gasteiger partial charge is 0.326 e. The van der Waals surface area contributed by atoms with Gasteiger partial charge in [0, 0.05) is 18.8 Å².